The standard InChI is InChI=1S/C15H18N2O3/c16-8-12-4-3-7-17(9-12)10-13-5-1-2-6-14(13)20-11-15(18)19/h1-2,5-6,12H,3-4,7,9-11H2,(H,18,19)/t12-/m0/s1. The molecule has 0 unspecified atom stereocenters. The third-order valence-corrected chi connectivity index (χ3v) is 3.41. The van der Waals surface area contributed by atoms with Crippen molar-refractivity contribution in [3.05, 3.63) is 29.8 Å². The quantitative estimate of drug-likeness (QED) is 0.887. The summed E-state index contributed by atoms with van der Waals surface area (Å²) in [6.07, 6.45) is 1.99. The van der Waals surface area contributed by atoms with Crippen molar-refractivity contribution in [3.8, 4) is 11.8 Å². The molecule has 5 heteroatoms. The SMILES string of the molecule is N#C[C@@H]1CCCN(Cc2ccccc2OCC(=O)O)C1. The minimum Gasteiger partial charge on any atom is -0.482 e. The molecule has 1 aliphatic rings. The van der Waals surface area contributed by atoms with Gasteiger partial charge in [0.1, 0.15) is 5.75 Å². The van der Waals surface area contributed by atoms with Gasteiger partial charge in [0.15, 0.2) is 6.61 Å². The minimum atomic E-state index is -0.984. The summed E-state index contributed by atoms with van der Waals surface area (Å²) in [5, 5.41) is 17.7. The van der Waals surface area contributed by atoms with Crippen LogP contribution in [-0.4, -0.2) is 35.7 Å². The number of nitrogens with zero attached hydrogens (tertiary/aromatic N) is 2. The number of hydrogen-bond acceptors (Lipinski definition) is 4. The zero-order valence-corrected chi connectivity index (χ0v) is 11.3. The van der Waals surface area contributed by atoms with Gasteiger partial charge in [-0.3, -0.25) is 4.90 Å². The van der Waals surface area contributed by atoms with E-state index in [0.717, 1.165) is 31.5 Å². The highest BCUT2D eigenvalue weighted by molar-refractivity contribution is 5.68. The monoisotopic (exact) mass is 274 g/mol. The van der Waals surface area contributed by atoms with Gasteiger partial charge >= 0.3 is 5.97 Å². The molecule has 0 aromatic heterocycles. The Morgan fingerprint density at radius 2 is 2.30 bits per heavy atom. The number of para-hydroxylation sites is 1. The second-order valence-corrected chi connectivity index (χ2v) is 4.99. The molecule has 1 N–H and O–H groups in total. The van der Waals surface area contributed by atoms with Crippen LogP contribution < -0.4 is 4.74 Å². The number of aliphatic carboxylic acids is 1. The predicted molar refractivity (Wildman–Crippen MR) is 73.2 cm³/mol. The molecule has 0 radical (unpaired) electrons. The van der Waals surface area contributed by atoms with Crippen LogP contribution in [-0.2, 0) is 11.3 Å². The number of piperidine rings is 1. The molecular weight excluding hydrogens is 256 g/mol. The first-order valence-corrected chi connectivity index (χ1v) is 6.73. The van der Waals surface area contributed by atoms with Crippen LogP contribution in [0.1, 0.15) is 18.4 Å². The van der Waals surface area contributed by atoms with Gasteiger partial charge in [-0.15, -0.1) is 0 Å². The molecule has 106 valence electrons. The second-order valence-electron chi connectivity index (χ2n) is 4.99. The van der Waals surface area contributed by atoms with Crippen molar-refractivity contribution in [2.75, 3.05) is 19.7 Å². The summed E-state index contributed by atoms with van der Waals surface area (Å²) in [5.41, 5.74) is 0.965. The minimum absolute atomic E-state index is 0.0934. The van der Waals surface area contributed by atoms with Crippen LogP contribution in [0.15, 0.2) is 24.3 Å². The lowest BCUT2D eigenvalue weighted by atomic mass is 9.99. The van der Waals surface area contributed by atoms with Gasteiger partial charge in [0.25, 0.3) is 0 Å². The van der Waals surface area contributed by atoms with E-state index in [9.17, 15) is 4.79 Å². The summed E-state index contributed by atoms with van der Waals surface area (Å²) in [7, 11) is 0. The van der Waals surface area contributed by atoms with Gasteiger partial charge in [-0.2, -0.15) is 5.26 Å². The van der Waals surface area contributed by atoms with Crippen molar-refractivity contribution < 1.29 is 14.6 Å². The summed E-state index contributed by atoms with van der Waals surface area (Å²) < 4.78 is 5.30. The molecule has 0 aliphatic carbocycles. The summed E-state index contributed by atoms with van der Waals surface area (Å²) in [4.78, 5) is 12.8. The van der Waals surface area contributed by atoms with Crippen molar-refractivity contribution in [2.24, 2.45) is 5.92 Å². The highest BCUT2D eigenvalue weighted by Crippen LogP contribution is 2.23. The molecule has 0 amide bonds. The Balaban J connectivity index is 2.01. The van der Waals surface area contributed by atoms with Crippen molar-refractivity contribution in [2.45, 2.75) is 19.4 Å². The Morgan fingerprint density at radius 3 is 3.05 bits per heavy atom. The molecule has 1 atom stereocenters. The van der Waals surface area contributed by atoms with E-state index in [-0.39, 0.29) is 12.5 Å². The summed E-state index contributed by atoms with van der Waals surface area (Å²) in [6, 6.07) is 9.78. The summed E-state index contributed by atoms with van der Waals surface area (Å²) in [6.45, 7) is 2.08. The summed E-state index contributed by atoms with van der Waals surface area (Å²) >= 11 is 0. The maximum atomic E-state index is 10.6. The van der Waals surface area contributed by atoms with Crippen molar-refractivity contribution in [1.82, 2.24) is 4.90 Å². The molecule has 1 fully saturated rings. The Morgan fingerprint density at radius 1 is 1.50 bits per heavy atom. The van der Waals surface area contributed by atoms with Gasteiger partial charge in [0.05, 0.1) is 12.0 Å². The second kappa shape index (κ2) is 6.92. The van der Waals surface area contributed by atoms with Crippen LogP contribution in [0.2, 0.25) is 0 Å². The molecule has 1 aliphatic heterocycles. The van der Waals surface area contributed by atoms with Crippen LogP contribution >= 0.6 is 0 Å². The molecule has 1 aromatic rings. The van der Waals surface area contributed by atoms with Gasteiger partial charge in [0, 0.05) is 18.7 Å². The number of carboxylic acid groups (broad SMARTS) is 1. The Bertz CT molecular complexity index is 510. The number of rotatable bonds is 5. The predicted octanol–water partition coefficient (Wildman–Crippen LogP) is 1.89. The zero-order chi connectivity index (χ0) is 14.4. The van der Waals surface area contributed by atoms with Gasteiger partial charge < -0.3 is 9.84 Å². The van der Waals surface area contributed by atoms with E-state index in [1.165, 1.54) is 0 Å². The molecule has 1 aromatic carbocycles. The molecule has 5 nitrogen and oxygen atoms in total. The Labute approximate surface area is 118 Å². The molecule has 1 saturated heterocycles. The lowest BCUT2D eigenvalue weighted by Crippen LogP contribution is -2.34. The first-order valence-electron chi connectivity index (χ1n) is 6.73. The molecule has 0 bridgehead atoms. The largest absolute Gasteiger partial charge is 0.482 e. The fourth-order valence-corrected chi connectivity index (χ4v) is 2.46. The number of ether oxygens (including phenoxy) is 1. The van der Waals surface area contributed by atoms with Crippen LogP contribution in [0.4, 0.5) is 0 Å². The molecule has 0 saturated carbocycles. The average Bonchev–Trinajstić information content (AvgIpc) is 2.46. The first kappa shape index (κ1) is 14.4. The van der Waals surface area contributed by atoms with Crippen molar-refractivity contribution in [1.29, 1.82) is 5.26 Å². The molecule has 1 heterocycles. The number of likely N-dealkylation sites (tertiary alicyclic amines) is 1. The third kappa shape index (κ3) is 3.97. The maximum Gasteiger partial charge on any atom is 0.341 e. The zero-order valence-electron chi connectivity index (χ0n) is 11.3. The van der Waals surface area contributed by atoms with Crippen molar-refractivity contribution >= 4 is 5.97 Å². The van der Waals surface area contributed by atoms with E-state index in [1.807, 2.05) is 18.2 Å². The van der Waals surface area contributed by atoms with E-state index in [4.69, 9.17) is 15.1 Å². The maximum absolute atomic E-state index is 10.6. The smallest absolute Gasteiger partial charge is 0.341 e. The third-order valence-electron chi connectivity index (χ3n) is 3.41. The Kier molecular flexibility index (Phi) is 4.97. The lowest BCUT2D eigenvalue weighted by molar-refractivity contribution is -0.139. The molecular formula is C15H18N2O3. The van der Waals surface area contributed by atoms with E-state index in [1.54, 1.807) is 6.07 Å². The average molecular weight is 274 g/mol. The number of carboxylic acids is 1. The van der Waals surface area contributed by atoms with E-state index in [2.05, 4.69) is 11.0 Å². The van der Waals surface area contributed by atoms with Crippen LogP contribution in [0.3, 0.4) is 0 Å². The molecule has 20 heavy (non-hydrogen) atoms. The van der Waals surface area contributed by atoms with Gasteiger partial charge in [-0.25, -0.2) is 4.79 Å². The van der Waals surface area contributed by atoms with Crippen LogP contribution in [0.25, 0.3) is 0 Å². The van der Waals surface area contributed by atoms with Crippen LogP contribution in [0, 0.1) is 17.2 Å². The van der Waals surface area contributed by atoms with Gasteiger partial charge in [-0.05, 0) is 25.5 Å². The number of nitriles is 1. The number of benzene rings is 1. The van der Waals surface area contributed by atoms with Crippen molar-refractivity contribution in [3.63, 3.8) is 0 Å². The fraction of sp³-hybridized carbons (Fsp3) is 0.467. The van der Waals surface area contributed by atoms with Crippen LogP contribution in [0.5, 0.6) is 5.75 Å². The van der Waals surface area contributed by atoms with E-state index >= 15 is 0 Å². The van der Waals surface area contributed by atoms with Gasteiger partial charge in [-0.1, -0.05) is 18.2 Å². The topological polar surface area (TPSA) is 73.6 Å². The fourth-order valence-electron chi connectivity index (χ4n) is 2.46. The Hall–Kier alpha value is -2.06. The molecule has 0 spiro atoms. The van der Waals surface area contributed by atoms with Gasteiger partial charge in [0.2, 0.25) is 0 Å². The first-order chi connectivity index (χ1) is 9.69. The normalized spacial score (nSPS) is 19.2. The van der Waals surface area contributed by atoms with E-state index < -0.39 is 5.97 Å². The lowest BCUT2D eigenvalue weighted by Gasteiger charge is -2.29. The summed E-state index contributed by atoms with van der Waals surface area (Å²) in [5.74, 6) is -0.285. The molecule has 2 rings (SSSR count). The van der Waals surface area contributed by atoms with E-state index in [0.29, 0.717) is 12.3 Å². The highest BCUT2D eigenvalue weighted by Gasteiger charge is 2.20. The number of hydrogen-bond donors (Lipinski definition) is 1. The number of carbonyl (C=O) groups is 1. The highest BCUT2D eigenvalue weighted by atomic mass is 16.5.